The minimum absolute atomic E-state index is 0.0503. The van der Waals surface area contributed by atoms with Crippen molar-refractivity contribution < 1.29 is 19.1 Å². The number of hydrogen-bond acceptors (Lipinski definition) is 5. The summed E-state index contributed by atoms with van der Waals surface area (Å²) in [4.78, 5) is 41.8. The Labute approximate surface area is 163 Å². The molecule has 0 saturated carbocycles. The molecule has 27 heavy (non-hydrogen) atoms. The van der Waals surface area contributed by atoms with Crippen LogP contribution in [-0.4, -0.2) is 61.0 Å². The van der Waals surface area contributed by atoms with E-state index in [9.17, 15) is 14.4 Å². The lowest BCUT2D eigenvalue weighted by molar-refractivity contribution is -0.141. The van der Waals surface area contributed by atoms with Crippen molar-refractivity contribution in [1.82, 2.24) is 15.1 Å². The molecule has 0 aromatic carbocycles. The van der Waals surface area contributed by atoms with Crippen LogP contribution in [0, 0.1) is 5.92 Å². The number of amides is 3. The molecule has 3 heterocycles. The summed E-state index contributed by atoms with van der Waals surface area (Å²) in [5.74, 6) is -0.704. The van der Waals surface area contributed by atoms with Crippen molar-refractivity contribution in [2.45, 2.75) is 38.1 Å². The molecule has 2 atom stereocenters. The van der Waals surface area contributed by atoms with Gasteiger partial charge in [0.15, 0.2) is 0 Å². The van der Waals surface area contributed by atoms with Crippen LogP contribution in [0.5, 0.6) is 0 Å². The van der Waals surface area contributed by atoms with Crippen molar-refractivity contribution in [3.63, 3.8) is 0 Å². The molecular formula is C19H27N3O4S. The van der Waals surface area contributed by atoms with Gasteiger partial charge in [-0.15, -0.1) is 11.3 Å². The van der Waals surface area contributed by atoms with E-state index in [1.165, 1.54) is 18.4 Å². The number of piperidine rings is 1. The molecule has 7 nitrogen and oxygen atoms in total. The molecule has 1 N–H and O–H groups in total. The molecule has 148 valence electrons. The van der Waals surface area contributed by atoms with E-state index >= 15 is 0 Å². The van der Waals surface area contributed by atoms with Gasteiger partial charge in [-0.2, -0.15) is 0 Å². The lowest BCUT2D eigenvalue weighted by Gasteiger charge is -2.35. The molecule has 1 aromatic rings. The quantitative estimate of drug-likeness (QED) is 0.779. The number of ether oxygens (including phenoxy) is 1. The van der Waals surface area contributed by atoms with Crippen molar-refractivity contribution in [1.29, 1.82) is 0 Å². The number of rotatable bonds is 5. The van der Waals surface area contributed by atoms with Gasteiger partial charge >= 0.3 is 12.0 Å². The van der Waals surface area contributed by atoms with Gasteiger partial charge in [-0.25, -0.2) is 4.79 Å². The topological polar surface area (TPSA) is 79.0 Å². The molecule has 0 unspecified atom stereocenters. The van der Waals surface area contributed by atoms with Gasteiger partial charge in [0.2, 0.25) is 5.91 Å². The molecule has 3 rings (SSSR count). The highest BCUT2D eigenvalue weighted by Gasteiger charge is 2.32. The van der Waals surface area contributed by atoms with Crippen LogP contribution in [0.1, 0.15) is 43.0 Å². The van der Waals surface area contributed by atoms with Gasteiger partial charge in [0.05, 0.1) is 25.5 Å². The number of hydrogen-bond donors (Lipinski definition) is 1. The molecule has 2 fully saturated rings. The first kappa shape index (κ1) is 19.7. The molecule has 0 bridgehead atoms. The standard InChI is InChI=1S/C19H27N3O4S/c1-26-17(23)12-15(16-7-5-11-27-16)20-18(24)14-6-4-10-22(13-14)19(25)21-8-2-3-9-21/h5,7,11,14-15H,2-4,6,8-10,12-13H2,1H3,(H,20,24)/t14-,15-/m0/s1. The molecular weight excluding hydrogens is 366 g/mol. The van der Waals surface area contributed by atoms with Crippen molar-refractivity contribution in [3.8, 4) is 0 Å². The van der Waals surface area contributed by atoms with E-state index in [0.29, 0.717) is 13.1 Å². The van der Waals surface area contributed by atoms with Gasteiger partial charge in [0.25, 0.3) is 0 Å². The van der Waals surface area contributed by atoms with Crippen LogP contribution < -0.4 is 5.32 Å². The molecule has 0 radical (unpaired) electrons. The summed E-state index contributed by atoms with van der Waals surface area (Å²) in [5.41, 5.74) is 0. The van der Waals surface area contributed by atoms with Gasteiger partial charge in [-0.3, -0.25) is 9.59 Å². The molecule has 2 aliphatic rings. The first-order chi connectivity index (χ1) is 13.1. The maximum atomic E-state index is 12.9. The lowest BCUT2D eigenvalue weighted by Crippen LogP contribution is -2.50. The molecule has 2 saturated heterocycles. The van der Waals surface area contributed by atoms with Crippen LogP contribution in [0.3, 0.4) is 0 Å². The molecule has 1 aromatic heterocycles. The zero-order valence-electron chi connectivity index (χ0n) is 15.7. The second kappa shape index (κ2) is 9.21. The fourth-order valence-corrected chi connectivity index (χ4v) is 4.50. The average molecular weight is 394 g/mol. The number of likely N-dealkylation sites (tertiary alicyclic amines) is 2. The van der Waals surface area contributed by atoms with Gasteiger partial charge in [0, 0.05) is 31.1 Å². The summed E-state index contributed by atoms with van der Waals surface area (Å²) in [6.07, 6.45) is 3.79. The van der Waals surface area contributed by atoms with Gasteiger partial charge in [-0.1, -0.05) is 6.07 Å². The number of esters is 1. The Morgan fingerprint density at radius 2 is 1.96 bits per heavy atom. The third-order valence-electron chi connectivity index (χ3n) is 5.24. The number of urea groups is 1. The second-order valence-electron chi connectivity index (χ2n) is 7.12. The molecule has 0 spiro atoms. The Morgan fingerprint density at radius 3 is 2.63 bits per heavy atom. The molecule has 0 aliphatic carbocycles. The van der Waals surface area contributed by atoms with Gasteiger partial charge in [-0.05, 0) is 37.1 Å². The van der Waals surface area contributed by atoms with E-state index < -0.39 is 6.04 Å². The second-order valence-corrected chi connectivity index (χ2v) is 8.10. The highest BCUT2D eigenvalue weighted by molar-refractivity contribution is 7.10. The van der Waals surface area contributed by atoms with Crippen molar-refractivity contribution in [2.24, 2.45) is 5.92 Å². The highest BCUT2D eigenvalue weighted by atomic mass is 32.1. The summed E-state index contributed by atoms with van der Waals surface area (Å²) < 4.78 is 4.77. The van der Waals surface area contributed by atoms with Crippen molar-refractivity contribution >= 4 is 29.2 Å². The van der Waals surface area contributed by atoms with Crippen LogP contribution in [-0.2, 0) is 14.3 Å². The highest BCUT2D eigenvalue weighted by Crippen LogP contribution is 2.25. The Kier molecular flexibility index (Phi) is 6.71. The van der Waals surface area contributed by atoms with Crippen LogP contribution in [0.2, 0.25) is 0 Å². The van der Waals surface area contributed by atoms with E-state index in [4.69, 9.17) is 4.74 Å². The zero-order valence-corrected chi connectivity index (χ0v) is 16.5. The average Bonchev–Trinajstić information content (AvgIpc) is 3.40. The number of nitrogens with zero attached hydrogens (tertiary/aromatic N) is 2. The van der Waals surface area contributed by atoms with Crippen molar-refractivity contribution in [2.75, 3.05) is 33.3 Å². The number of methoxy groups -OCH3 is 1. The Hall–Kier alpha value is -2.09. The van der Waals surface area contributed by atoms with E-state index in [1.807, 2.05) is 22.4 Å². The minimum Gasteiger partial charge on any atom is -0.469 e. The maximum Gasteiger partial charge on any atom is 0.320 e. The summed E-state index contributed by atoms with van der Waals surface area (Å²) in [5, 5.41) is 4.92. The number of nitrogens with one attached hydrogen (secondary N) is 1. The first-order valence-electron chi connectivity index (χ1n) is 9.53. The van der Waals surface area contributed by atoms with Crippen LogP contribution in [0.15, 0.2) is 17.5 Å². The fourth-order valence-electron chi connectivity index (χ4n) is 3.73. The van der Waals surface area contributed by atoms with E-state index in [0.717, 1.165) is 43.6 Å². The normalized spacial score (nSPS) is 21.0. The Bertz CT molecular complexity index is 658. The minimum atomic E-state index is -0.394. The smallest absolute Gasteiger partial charge is 0.320 e. The predicted octanol–water partition coefficient (Wildman–Crippen LogP) is 2.40. The zero-order chi connectivity index (χ0) is 19.2. The summed E-state index contributed by atoms with van der Waals surface area (Å²) in [6.45, 7) is 2.77. The summed E-state index contributed by atoms with van der Waals surface area (Å²) >= 11 is 1.50. The SMILES string of the molecule is COC(=O)C[C@H](NC(=O)[C@H]1CCCN(C(=O)N2CCCC2)C1)c1cccs1. The summed E-state index contributed by atoms with van der Waals surface area (Å²) in [7, 11) is 1.35. The first-order valence-corrected chi connectivity index (χ1v) is 10.4. The van der Waals surface area contributed by atoms with Crippen LogP contribution in [0.25, 0.3) is 0 Å². The monoisotopic (exact) mass is 393 g/mol. The third kappa shape index (κ3) is 5.00. The van der Waals surface area contributed by atoms with Crippen molar-refractivity contribution in [3.05, 3.63) is 22.4 Å². The molecule has 3 amide bonds. The largest absolute Gasteiger partial charge is 0.469 e. The number of thiophene rings is 1. The molecule has 2 aliphatic heterocycles. The van der Waals surface area contributed by atoms with E-state index in [-0.39, 0.29) is 30.2 Å². The van der Waals surface area contributed by atoms with Gasteiger partial charge in [0.1, 0.15) is 0 Å². The maximum absolute atomic E-state index is 12.9. The third-order valence-corrected chi connectivity index (χ3v) is 6.23. The Balaban J connectivity index is 1.61. The van der Waals surface area contributed by atoms with E-state index in [1.54, 1.807) is 4.90 Å². The van der Waals surface area contributed by atoms with Gasteiger partial charge < -0.3 is 19.9 Å². The predicted molar refractivity (Wildman–Crippen MR) is 102 cm³/mol. The number of carbonyl (C=O) groups is 3. The summed E-state index contributed by atoms with van der Waals surface area (Å²) in [6, 6.07) is 3.46. The van der Waals surface area contributed by atoms with E-state index in [2.05, 4.69) is 5.32 Å². The Morgan fingerprint density at radius 1 is 1.22 bits per heavy atom. The fraction of sp³-hybridized carbons (Fsp3) is 0.632. The molecule has 8 heteroatoms. The van der Waals surface area contributed by atoms with Crippen LogP contribution >= 0.6 is 11.3 Å². The number of carbonyl (C=O) groups excluding carboxylic acids is 3. The van der Waals surface area contributed by atoms with Crippen LogP contribution in [0.4, 0.5) is 4.79 Å². The lowest BCUT2D eigenvalue weighted by atomic mass is 9.96.